The number of carbonyl (C=O) groups excluding carboxylic acids is 2. The van der Waals surface area contributed by atoms with Gasteiger partial charge in [-0.3, -0.25) is 14.5 Å². The normalized spacial score (nSPS) is 19.2. The number of nitrogens with one attached hydrogen (secondary N) is 2. The molecule has 140 valence electrons. The van der Waals surface area contributed by atoms with Gasteiger partial charge in [-0.15, -0.1) is 11.3 Å². The van der Waals surface area contributed by atoms with Gasteiger partial charge in [0.25, 0.3) is 0 Å². The van der Waals surface area contributed by atoms with E-state index in [1.165, 1.54) is 5.56 Å². The minimum absolute atomic E-state index is 0.0794. The first-order valence-electron chi connectivity index (χ1n) is 8.66. The van der Waals surface area contributed by atoms with Crippen LogP contribution in [0.2, 0.25) is 0 Å². The number of carbonyl (C=O) groups is 2. The summed E-state index contributed by atoms with van der Waals surface area (Å²) in [5, 5.41) is 11.0. The maximum atomic E-state index is 12.7. The molecule has 26 heavy (non-hydrogen) atoms. The van der Waals surface area contributed by atoms with Crippen LogP contribution in [0, 0.1) is 13.8 Å². The van der Waals surface area contributed by atoms with Crippen LogP contribution in [0.1, 0.15) is 33.6 Å². The van der Waals surface area contributed by atoms with Crippen LogP contribution in [-0.2, 0) is 16.0 Å². The van der Waals surface area contributed by atoms with Crippen LogP contribution in [0.15, 0.2) is 16.8 Å². The van der Waals surface area contributed by atoms with Crippen molar-refractivity contribution in [3.63, 3.8) is 0 Å². The molecule has 1 fully saturated rings. The fourth-order valence-electron chi connectivity index (χ4n) is 3.00. The molecule has 3 heterocycles. The molecule has 2 aromatic rings. The molecule has 0 aliphatic carbocycles. The summed E-state index contributed by atoms with van der Waals surface area (Å²) in [4.78, 5) is 32.5. The van der Waals surface area contributed by atoms with Crippen LogP contribution < -0.4 is 10.6 Å². The Labute approximate surface area is 161 Å². The number of amides is 2. The van der Waals surface area contributed by atoms with Crippen molar-refractivity contribution in [3.8, 4) is 0 Å². The van der Waals surface area contributed by atoms with Gasteiger partial charge in [0.05, 0.1) is 24.2 Å². The summed E-state index contributed by atoms with van der Waals surface area (Å²) in [6.07, 6.45) is 0.861. The smallest absolute Gasteiger partial charge is 0.237 e. The Balaban J connectivity index is 1.72. The summed E-state index contributed by atoms with van der Waals surface area (Å²) in [7, 11) is 1.88. The molecule has 1 aliphatic heterocycles. The molecule has 1 saturated heterocycles. The van der Waals surface area contributed by atoms with Gasteiger partial charge in [-0.2, -0.15) is 11.3 Å². The molecule has 2 aromatic heterocycles. The largest absolute Gasteiger partial charge is 0.353 e. The summed E-state index contributed by atoms with van der Waals surface area (Å²) in [5.74, 6) is -0.200. The molecule has 2 N–H and O–H groups in total. The zero-order chi connectivity index (χ0) is 18.7. The third-order valence-electron chi connectivity index (χ3n) is 4.68. The number of thiophene rings is 1. The van der Waals surface area contributed by atoms with Crippen LogP contribution in [-0.4, -0.2) is 47.9 Å². The van der Waals surface area contributed by atoms with Gasteiger partial charge >= 0.3 is 0 Å². The van der Waals surface area contributed by atoms with Gasteiger partial charge in [0.1, 0.15) is 5.01 Å². The van der Waals surface area contributed by atoms with E-state index in [0.717, 1.165) is 22.1 Å². The summed E-state index contributed by atoms with van der Waals surface area (Å²) in [6.45, 7) is 5.42. The van der Waals surface area contributed by atoms with Crippen molar-refractivity contribution in [2.45, 2.75) is 38.8 Å². The predicted octanol–water partition coefficient (Wildman–Crippen LogP) is 2.04. The van der Waals surface area contributed by atoms with E-state index < -0.39 is 6.04 Å². The Kier molecular flexibility index (Phi) is 6.05. The highest BCUT2D eigenvalue weighted by atomic mass is 32.1. The molecule has 0 spiro atoms. The number of hydrogen-bond donors (Lipinski definition) is 2. The second-order valence-electron chi connectivity index (χ2n) is 6.64. The second kappa shape index (κ2) is 8.28. The van der Waals surface area contributed by atoms with Crippen molar-refractivity contribution in [2.75, 3.05) is 20.1 Å². The van der Waals surface area contributed by atoms with E-state index in [4.69, 9.17) is 0 Å². The molecular formula is C18H24N4O2S2. The van der Waals surface area contributed by atoms with E-state index in [1.807, 2.05) is 31.2 Å². The van der Waals surface area contributed by atoms with E-state index in [-0.39, 0.29) is 24.3 Å². The number of thiazole rings is 1. The Hall–Kier alpha value is -1.77. The average molecular weight is 393 g/mol. The first-order chi connectivity index (χ1) is 12.4. The van der Waals surface area contributed by atoms with Crippen LogP contribution in [0.3, 0.4) is 0 Å². The van der Waals surface area contributed by atoms with Gasteiger partial charge in [0.2, 0.25) is 11.8 Å². The first kappa shape index (κ1) is 19.0. The molecule has 0 saturated carbocycles. The Morgan fingerprint density at radius 1 is 1.50 bits per heavy atom. The number of piperazine rings is 1. The van der Waals surface area contributed by atoms with E-state index in [0.29, 0.717) is 13.0 Å². The van der Waals surface area contributed by atoms with Crippen molar-refractivity contribution >= 4 is 34.5 Å². The fourth-order valence-corrected chi connectivity index (χ4v) is 4.65. The second-order valence-corrected chi connectivity index (χ2v) is 8.66. The zero-order valence-corrected chi connectivity index (χ0v) is 16.9. The fraction of sp³-hybridized carbons (Fsp3) is 0.500. The SMILES string of the molecule is Cc1nc([C@H](Cc2ccsc2)NC(=O)C[C@@H]2C(=O)NCCN2C)sc1C. The third-order valence-corrected chi connectivity index (χ3v) is 6.59. The van der Waals surface area contributed by atoms with E-state index in [1.54, 1.807) is 22.7 Å². The molecule has 2 atom stereocenters. The van der Waals surface area contributed by atoms with Crippen molar-refractivity contribution in [1.82, 2.24) is 20.5 Å². The van der Waals surface area contributed by atoms with Crippen molar-refractivity contribution < 1.29 is 9.59 Å². The lowest BCUT2D eigenvalue weighted by Gasteiger charge is -2.31. The molecular weight excluding hydrogens is 368 g/mol. The Morgan fingerprint density at radius 3 is 2.92 bits per heavy atom. The molecule has 0 unspecified atom stereocenters. The molecule has 0 aromatic carbocycles. The highest BCUT2D eigenvalue weighted by molar-refractivity contribution is 7.11. The molecule has 3 rings (SSSR count). The van der Waals surface area contributed by atoms with Crippen LogP contribution in [0.4, 0.5) is 0 Å². The van der Waals surface area contributed by atoms with Gasteiger partial charge in [-0.05, 0) is 43.3 Å². The highest BCUT2D eigenvalue weighted by Crippen LogP contribution is 2.26. The quantitative estimate of drug-likeness (QED) is 0.789. The molecule has 0 bridgehead atoms. The lowest BCUT2D eigenvalue weighted by Crippen LogP contribution is -2.55. The molecule has 1 aliphatic rings. The lowest BCUT2D eigenvalue weighted by atomic mass is 10.1. The summed E-state index contributed by atoms with van der Waals surface area (Å²) in [6, 6.07) is 1.48. The topological polar surface area (TPSA) is 74.3 Å². The van der Waals surface area contributed by atoms with Crippen molar-refractivity contribution in [2.24, 2.45) is 0 Å². The first-order valence-corrected chi connectivity index (χ1v) is 10.4. The zero-order valence-electron chi connectivity index (χ0n) is 15.2. The van der Waals surface area contributed by atoms with E-state index >= 15 is 0 Å². The maximum Gasteiger partial charge on any atom is 0.237 e. The molecule has 8 heteroatoms. The van der Waals surface area contributed by atoms with Crippen LogP contribution in [0.25, 0.3) is 0 Å². The molecule has 6 nitrogen and oxygen atoms in total. The number of likely N-dealkylation sites (N-methyl/N-ethyl adjacent to an activating group) is 1. The number of aromatic nitrogens is 1. The Morgan fingerprint density at radius 2 is 2.31 bits per heavy atom. The van der Waals surface area contributed by atoms with E-state index in [2.05, 4.69) is 27.1 Å². The number of rotatable bonds is 6. The minimum Gasteiger partial charge on any atom is -0.353 e. The van der Waals surface area contributed by atoms with Gasteiger partial charge in [0.15, 0.2) is 0 Å². The van der Waals surface area contributed by atoms with Crippen LogP contribution in [0.5, 0.6) is 0 Å². The Bertz CT molecular complexity index is 753. The van der Waals surface area contributed by atoms with Gasteiger partial charge < -0.3 is 10.6 Å². The maximum absolute atomic E-state index is 12.7. The van der Waals surface area contributed by atoms with Gasteiger partial charge in [0, 0.05) is 24.4 Å². The minimum atomic E-state index is -0.412. The van der Waals surface area contributed by atoms with Crippen LogP contribution >= 0.6 is 22.7 Å². The summed E-state index contributed by atoms with van der Waals surface area (Å²) < 4.78 is 0. The monoisotopic (exact) mass is 392 g/mol. The number of aryl methyl sites for hydroxylation is 2. The van der Waals surface area contributed by atoms with Gasteiger partial charge in [-0.1, -0.05) is 0 Å². The molecule has 2 amide bonds. The van der Waals surface area contributed by atoms with E-state index in [9.17, 15) is 9.59 Å². The molecule has 0 radical (unpaired) electrons. The van der Waals surface area contributed by atoms with Crippen molar-refractivity contribution in [3.05, 3.63) is 38.0 Å². The summed E-state index contributed by atoms with van der Waals surface area (Å²) >= 11 is 3.27. The van der Waals surface area contributed by atoms with Gasteiger partial charge in [-0.25, -0.2) is 4.98 Å². The standard InChI is InChI=1S/C18H24N4O2S2/c1-11-12(2)26-18(20-11)14(8-13-4-7-25-10-13)21-16(23)9-15-17(24)19-5-6-22(15)3/h4,7,10,14-15H,5-6,8-9H2,1-3H3,(H,19,24)(H,21,23)/t14-,15+/m0/s1. The number of nitrogens with zero attached hydrogens (tertiary/aromatic N) is 2. The van der Waals surface area contributed by atoms with Crippen molar-refractivity contribution in [1.29, 1.82) is 0 Å². The number of hydrogen-bond acceptors (Lipinski definition) is 6. The highest BCUT2D eigenvalue weighted by Gasteiger charge is 2.30. The predicted molar refractivity (Wildman–Crippen MR) is 105 cm³/mol. The lowest BCUT2D eigenvalue weighted by molar-refractivity contribution is -0.133. The average Bonchev–Trinajstić information content (AvgIpc) is 3.21. The summed E-state index contributed by atoms with van der Waals surface area (Å²) in [5.41, 5.74) is 2.18. The third kappa shape index (κ3) is 4.49.